The lowest BCUT2D eigenvalue weighted by atomic mass is 10.2. The number of fused-ring (bicyclic) bond motifs is 3. The molecule has 3 aromatic heterocycles. The highest BCUT2D eigenvalue weighted by molar-refractivity contribution is 7.98. The van der Waals surface area contributed by atoms with Gasteiger partial charge in [0.05, 0.1) is 16.6 Å². The van der Waals surface area contributed by atoms with Crippen molar-refractivity contribution in [2.45, 2.75) is 10.9 Å². The van der Waals surface area contributed by atoms with Crippen molar-refractivity contribution >= 4 is 28.4 Å². The van der Waals surface area contributed by atoms with E-state index in [0.29, 0.717) is 16.9 Å². The van der Waals surface area contributed by atoms with E-state index >= 15 is 0 Å². The molecule has 0 amide bonds. The van der Waals surface area contributed by atoms with Crippen molar-refractivity contribution in [3.8, 4) is 0 Å². The molecule has 114 valence electrons. The molecular weight excluding hydrogens is 310 g/mol. The van der Waals surface area contributed by atoms with E-state index in [0.717, 1.165) is 16.4 Å². The molecule has 0 aliphatic heterocycles. The zero-order valence-electron chi connectivity index (χ0n) is 12.4. The van der Waals surface area contributed by atoms with Crippen molar-refractivity contribution in [2.75, 3.05) is 0 Å². The quantitative estimate of drug-likeness (QED) is 0.541. The van der Waals surface area contributed by atoms with E-state index < -0.39 is 0 Å². The molecule has 0 spiro atoms. The van der Waals surface area contributed by atoms with Crippen LogP contribution in [0.15, 0.2) is 58.6 Å². The second-order valence-electron chi connectivity index (χ2n) is 5.11. The first kappa shape index (κ1) is 14.0. The Morgan fingerprint density at radius 3 is 2.74 bits per heavy atom. The molecule has 0 saturated heterocycles. The maximum absolute atomic E-state index is 12.4. The maximum atomic E-state index is 12.4. The Bertz CT molecular complexity index is 1050. The van der Waals surface area contributed by atoms with E-state index in [9.17, 15) is 4.79 Å². The zero-order valence-corrected chi connectivity index (χ0v) is 13.2. The van der Waals surface area contributed by atoms with Crippen molar-refractivity contribution in [3.05, 3.63) is 64.7 Å². The molecule has 0 saturated carbocycles. The molecule has 0 fully saturated rings. The van der Waals surface area contributed by atoms with Gasteiger partial charge in [0.1, 0.15) is 0 Å². The van der Waals surface area contributed by atoms with Crippen LogP contribution in [0.2, 0.25) is 0 Å². The Morgan fingerprint density at radius 2 is 1.91 bits per heavy atom. The largest absolute Gasteiger partial charge is 0.279 e. The third kappa shape index (κ3) is 2.29. The summed E-state index contributed by atoms with van der Waals surface area (Å²) >= 11 is 1.55. The Labute approximate surface area is 135 Å². The van der Waals surface area contributed by atoms with Gasteiger partial charge in [-0.25, -0.2) is 0 Å². The normalized spacial score (nSPS) is 11.3. The van der Waals surface area contributed by atoms with Crippen molar-refractivity contribution < 1.29 is 0 Å². The van der Waals surface area contributed by atoms with Gasteiger partial charge < -0.3 is 0 Å². The molecule has 4 aromatic rings. The van der Waals surface area contributed by atoms with Crippen molar-refractivity contribution in [1.82, 2.24) is 24.1 Å². The lowest BCUT2D eigenvalue weighted by molar-refractivity contribution is 0.853. The number of hydrogen-bond donors (Lipinski definition) is 0. The summed E-state index contributed by atoms with van der Waals surface area (Å²) in [6.45, 7) is 0. The van der Waals surface area contributed by atoms with Gasteiger partial charge in [-0.15, -0.1) is 10.2 Å². The smallest absolute Gasteiger partial charge is 0.262 e. The number of para-hydroxylation sites is 1. The summed E-state index contributed by atoms with van der Waals surface area (Å²) in [6, 6.07) is 13.3. The lowest BCUT2D eigenvalue weighted by Gasteiger charge is -2.07. The van der Waals surface area contributed by atoms with E-state index in [-0.39, 0.29) is 5.56 Å². The lowest BCUT2D eigenvalue weighted by Crippen LogP contribution is -2.20. The topological polar surface area (TPSA) is 65.1 Å². The predicted octanol–water partition coefficient (Wildman–Crippen LogP) is 2.27. The van der Waals surface area contributed by atoms with Gasteiger partial charge in [0.25, 0.3) is 5.56 Å². The van der Waals surface area contributed by atoms with Crippen LogP contribution in [0.1, 0.15) is 5.69 Å². The van der Waals surface area contributed by atoms with Crippen LogP contribution < -0.4 is 5.56 Å². The molecule has 0 atom stereocenters. The molecule has 0 unspecified atom stereocenters. The third-order valence-electron chi connectivity index (χ3n) is 3.67. The maximum Gasteiger partial charge on any atom is 0.262 e. The summed E-state index contributed by atoms with van der Waals surface area (Å²) in [7, 11) is 1.71. The number of benzene rings is 1. The van der Waals surface area contributed by atoms with Gasteiger partial charge in [-0.3, -0.25) is 18.7 Å². The zero-order chi connectivity index (χ0) is 15.8. The summed E-state index contributed by atoms with van der Waals surface area (Å²) in [5.74, 6) is 1.23. The SMILES string of the molecule is Cn1c(=O)c2ccccc2n2c(SCc3ccccn3)nnc12. The average Bonchev–Trinajstić information content (AvgIpc) is 3.03. The van der Waals surface area contributed by atoms with Crippen molar-refractivity contribution in [3.63, 3.8) is 0 Å². The van der Waals surface area contributed by atoms with Gasteiger partial charge in [-0.2, -0.15) is 0 Å². The summed E-state index contributed by atoms with van der Waals surface area (Å²) in [6.07, 6.45) is 1.77. The molecule has 6 nitrogen and oxygen atoms in total. The summed E-state index contributed by atoms with van der Waals surface area (Å²) in [5, 5.41) is 9.83. The van der Waals surface area contributed by atoms with Crippen LogP contribution in [0.3, 0.4) is 0 Å². The molecule has 1 aromatic carbocycles. The average molecular weight is 323 g/mol. The second kappa shape index (κ2) is 5.51. The summed E-state index contributed by atoms with van der Waals surface area (Å²) in [5.41, 5.74) is 1.73. The van der Waals surface area contributed by atoms with E-state index in [2.05, 4.69) is 15.2 Å². The van der Waals surface area contributed by atoms with Crippen LogP contribution in [0, 0.1) is 0 Å². The van der Waals surface area contributed by atoms with E-state index in [4.69, 9.17) is 0 Å². The highest BCUT2D eigenvalue weighted by Gasteiger charge is 2.14. The highest BCUT2D eigenvalue weighted by atomic mass is 32.2. The number of aryl methyl sites for hydroxylation is 1. The van der Waals surface area contributed by atoms with E-state index in [1.165, 1.54) is 4.57 Å². The number of nitrogens with zero attached hydrogens (tertiary/aromatic N) is 5. The molecule has 0 N–H and O–H groups in total. The molecule has 4 rings (SSSR count). The predicted molar refractivity (Wildman–Crippen MR) is 89.5 cm³/mol. The molecule has 23 heavy (non-hydrogen) atoms. The van der Waals surface area contributed by atoms with Gasteiger partial charge >= 0.3 is 0 Å². The van der Waals surface area contributed by atoms with Crippen LogP contribution in [0.4, 0.5) is 0 Å². The number of rotatable bonds is 3. The van der Waals surface area contributed by atoms with Crippen LogP contribution >= 0.6 is 11.8 Å². The molecular formula is C16H13N5OS. The molecule has 0 aliphatic rings. The Kier molecular flexibility index (Phi) is 3.34. The van der Waals surface area contributed by atoms with Gasteiger partial charge in [0.2, 0.25) is 5.78 Å². The number of hydrogen-bond acceptors (Lipinski definition) is 5. The van der Waals surface area contributed by atoms with Crippen molar-refractivity contribution in [2.24, 2.45) is 7.05 Å². The van der Waals surface area contributed by atoms with Gasteiger partial charge in [0, 0.05) is 19.0 Å². The highest BCUT2D eigenvalue weighted by Crippen LogP contribution is 2.23. The molecule has 3 heterocycles. The molecule has 0 radical (unpaired) electrons. The minimum absolute atomic E-state index is 0.0678. The van der Waals surface area contributed by atoms with Crippen molar-refractivity contribution in [1.29, 1.82) is 0 Å². The number of pyridine rings is 1. The fraction of sp³-hybridized carbons (Fsp3) is 0.125. The first-order valence-corrected chi connectivity index (χ1v) is 8.10. The number of aromatic nitrogens is 5. The number of thioether (sulfide) groups is 1. The van der Waals surface area contributed by atoms with Gasteiger partial charge in [-0.05, 0) is 24.3 Å². The summed E-state index contributed by atoms with van der Waals surface area (Å²) < 4.78 is 3.45. The fourth-order valence-corrected chi connectivity index (χ4v) is 3.38. The van der Waals surface area contributed by atoms with Crippen LogP contribution in [-0.2, 0) is 12.8 Å². The fourth-order valence-electron chi connectivity index (χ4n) is 2.53. The molecule has 0 bridgehead atoms. The van der Waals surface area contributed by atoms with Gasteiger partial charge in [-0.1, -0.05) is 30.0 Å². The minimum Gasteiger partial charge on any atom is -0.279 e. The Balaban J connectivity index is 1.87. The van der Waals surface area contributed by atoms with Gasteiger partial charge in [0.15, 0.2) is 5.16 Å². The minimum atomic E-state index is -0.0678. The van der Waals surface area contributed by atoms with Crippen LogP contribution in [0.25, 0.3) is 16.7 Å². The summed E-state index contributed by atoms with van der Waals surface area (Å²) in [4.78, 5) is 16.7. The van der Waals surface area contributed by atoms with E-state index in [1.807, 2.05) is 46.9 Å². The second-order valence-corrected chi connectivity index (χ2v) is 6.05. The standard InChI is InChI=1S/C16H13N5OS/c1-20-14(22)12-7-2-3-8-13(12)21-15(20)18-19-16(21)23-10-11-6-4-5-9-17-11/h2-9H,10H2,1H3. The van der Waals surface area contributed by atoms with Crippen LogP contribution in [-0.4, -0.2) is 24.1 Å². The first-order valence-electron chi connectivity index (χ1n) is 7.11. The Hall–Kier alpha value is -2.67. The van der Waals surface area contributed by atoms with E-state index in [1.54, 1.807) is 25.0 Å². The third-order valence-corrected chi connectivity index (χ3v) is 4.63. The Morgan fingerprint density at radius 1 is 1.09 bits per heavy atom. The molecule has 0 aliphatic carbocycles. The monoisotopic (exact) mass is 323 g/mol. The van der Waals surface area contributed by atoms with Crippen LogP contribution in [0.5, 0.6) is 0 Å². The first-order chi connectivity index (χ1) is 11.3. The molecule has 7 heteroatoms.